The first-order valence-electron chi connectivity index (χ1n) is 13.7. The minimum atomic E-state index is -0.149. The van der Waals surface area contributed by atoms with Crippen LogP contribution >= 0.6 is 0 Å². The summed E-state index contributed by atoms with van der Waals surface area (Å²) in [5.41, 5.74) is 2.52. The predicted octanol–water partition coefficient (Wildman–Crippen LogP) is 7.20. The van der Waals surface area contributed by atoms with Crippen LogP contribution in [0.15, 0.2) is 11.6 Å². The van der Waals surface area contributed by atoms with E-state index in [1.807, 2.05) is 0 Å². The van der Waals surface area contributed by atoms with E-state index >= 15 is 0 Å². The molecule has 0 aliphatic heterocycles. The fourth-order valence-electron chi connectivity index (χ4n) is 11.3. The van der Waals surface area contributed by atoms with Crippen molar-refractivity contribution in [2.75, 3.05) is 0 Å². The van der Waals surface area contributed by atoms with Gasteiger partial charge in [0.1, 0.15) is 6.29 Å². The van der Waals surface area contributed by atoms with E-state index in [-0.39, 0.29) is 11.5 Å². The summed E-state index contributed by atoms with van der Waals surface area (Å²) in [6.45, 7) is 17.5. The number of fused-ring (bicyclic) bond motifs is 7. The van der Waals surface area contributed by atoms with Gasteiger partial charge in [-0.25, -0.2) is 0 Å². The highest BCUT2D eigenvalue weighted by molar-refractivity contribution is 5.74. The van der Waals surface area contributed by atoms with Gasteiger partial charge < -0.3 is 5.11 Å². The van der Waals surface area contributed by atoms with Crippen molar-refractivity contribution < 1.29 is 9.90 Å². The van der Waals surface area contributed by atoms with Crippen LogP contribution in [-0.4, -0.2) is 17.5 Å². The molecule has 5 aliphatic carbocycles. The zero-order valence-electron chi connectivity index (χ0n) is 21.8. The Hall–Kier alpha value is -0.630. The molecular weight excluding hydrogens is 392 g/mol. The fraction of sp³-hybridized carbons (Fsp3) is 0.900. The summed E-state index contributed by atoms with van der Waals surface area (Å²) >= 11 is 0. The summed E-state index contributed by atoms with van der Waals surface area (Å²) in [6.07, 6.45) is 14.5. The first kappa shape index (κ1) is 23.1. The minimum absolute atomic E-state index is 0.0265. The highest BCUT2D eigenvalue weighted by Crippen LogP contribution is 2.76. The Balaban J connectivity index is 1.55. The van der Waals surface area contributed by atoms with Gasteiger partial charge in [0.25, 0.3) is 0 Å². The third-order valence-electron chi connectivity index (χ3n) is 13.4. The molecule has 180 valence electrons. The molecule has 5 rings (SSSR count). The maximum atomic E-state index is 11.9. The number of hydrogen-bond donors (Lipinski definition) is 1. The summed E-state index contributed by atoms with van der Waals surface area (Å²) < 4.78 is 0. The molecule has 0 spiro atoms. The van der Waals surface area contributed by atoms with Gasteiger partial charge in [-0.15, -0.1) is 0 Å². The second kappa shape index (κ2) is 6.96. The Morgan fingerprint density at radius 1 is 0.875 bits per heavy atom. The third kappa shape index (κ3) is 2.65. The lowest BCUT2D eigenvalue weighted by atomic mass is 9.31. The molecule has 0 aromatic rings. The molecule has 0 radical (unpaired) electrons. The van der Waals surface area contributed by atoms with E-state index in [4.69, 9.17) is 0 Å². The van der Waals surface area contributed by atoms with E-state index in [0.717, 1.165) is 36.5 Å². The molecule has 0 saturated heterocycles. The summed E-state index contributed by atoms with van der Waals surface area (Å²) in [5, 5.41) is 10.9. The number of aliphatic hydroxyl groups excluding tert-OH is 1. The van der Waals surface area contributed by atoms with E-state index in [1.165, 1.54) is 44.9 Å². The smallest absolute Gasteiger partial charge is 0.145 e. The van der Waals surface area contributed by atoms with Crippen molar-refractivity contribution in [2.45, 2.75) is 112 Å². The average Bonchev–Trinajstić information content (AvgIpc) is 2.72. The second-order valence-corrected chi connectivity index (χ2v) is 14.5. The number of aldehydes is 1. The normalized spacial score (nSPS) is 56.7. The Labute approximate surface area is 197 Å². The molecule has 0 aromatic heterocycles. The van der Waals surface area contributed by atoms with Gasteiger partial charge in [-0.3, -0.25) is 4.79 Å². The van der Waals surface area contributed by atoms with E-state index in [2.05, 4.69) is 54.5 Å². The maximum Gasteiger partial charge on any atom is 0.145 e. The number of carbonyl (C=O) groups excluding carboxylic acids is 1. The Bertz CT molecular complexity index is 827. The highest BCUT2D eigenvalue weighted by Gasteiger charge is 2.69. The van der Waals surface area contributed by atoms with Crippen molar-refractivity contribution in [2.24, 2.45) is 56.7 Å². The van der Waals surface area contributed by atoms with E-state index in [9.17, 15) is 9.90 Å². The van der Waals surface area contributed by atoms with Crippen molar-refractivity contribution in [1.82, 2.24) is 0 Å². The lowest BCUT2D eigenvalue weighted by Gasteiger charge is -2.73. The SMILES string of the molecule is C[C@@H]1C(C=O)=CC[C@]2(C)CC[C@]3(C)[C@H](CC[C@@H]4[C@@]5(C)CC[C@H](O)C(C)(C)[C@@H]5CC[C@]43C)[C@@H]12. The van der Waals surface area contributed by atoms with Crippen LogP contribution < -0.4 is 0 Å². The van der Waals surface area contributed by atoms with Gasteiger partial charge in [-0.05, 0) is 120 Å². The first-order valence-corrected chi connectivity index (χ1v) is 13.7. The Morgan fingerprint density at radius 2 is 1.59 bits per heavy atom. The molecule has 0 aromatic carbocycles. The molecule has 0 unspecified atom stereocenters. The molecule has 5 aliphatic rings. The topological polar surface area (TPSA) is 37.3 Å². The predicted molar refractivity (Wildman–Crippen MR) is 131 cm³/mol. The van der Waals surface area contributed by atoms with Gasteiger partial charge in [-0.2, -0.15) is 0 Å². The molecule has 0 amide bonds. The van der Waals surface area contributed by atoms with Crippen LogP contribution in [0.3, 0.4) is 0 Å². The summed E-state index contributed by atoms with van der Waals surface area (Å²) in [5.74, 6) is 3.14. The quantitative estimate of drug-likeness (QED) is 0.438. The van der Waals surface area contributed by atoms with Crippen LogP contribution in [0.5, 0.6) is 0 Å². The third-order valence-corrected chi connectivity index (χ3v) is 13.4. The molecule has 10 atom stereocenters. The maximum absolute atomic E-state index is 11.9. The summed E-state index contributed by atoms with van der Waals surface area (Å²) in [4.78, 5) is 11.9. The summed E-state index contributed by atoms with van der Waals surface area (Å²) in [6, 6.07) is 0. The van der Waals surface area contributed by atoms with Gasteiger partial charge >= 0.3 is 0 Å². The van der Waals surface area contributed by atoms with E-state index in [1.54, 1.807) is 0 Å². The molecule has 2 heteroatoms. The largest absolute Gasteiger partial charge is 0.393 e. The molecule has 4 saturated carbocycles. The first-order chi connectivity index (χ1) is 14.8. The van der Waals surface area contributed by atoms with E-state index < -0.39 is 0 Å². The van der Waals surface area contributed by atoms with Crippen LogP contribution in [0.2, 0.25) is 0 Å². The van der Waals surface area contributed by atoms with Crippen molar-refractivity contribution >= 4 is 6.29 Å². The molecule has 32 heavy (non-hydrogen) atoms. The van der Waals surface area contributed by atoms with Crippen molar-refractivity contribution in [3.05, 3.63) is 11.6 Å². The lowest BCUT2D eigenvalue weighted by Crippen LogP contribution is -2.67. The van der Waals surface area contributed by atoms with Crippen LogP contribution in [0.4, 0.5) is 0 Å². The zero-order valence-corrected chi connectivity index (χ0v) is 21.8. The molecule has 0 heterocycles. The van der Waals surface area contributed by atoms with Crippen molar-refractivity contribution in [1.29, 1.82) is 0 Å². The van der Waals surface area contributed by atoms with Crippen molar-refractivity contribution in [3.8, 4) is 0 Å². The van der Waals surface area contributed by atoms with E-state index in [0.29, 0.717) is 39.4 Å². The molecular formula is C30H48O2. The zero-order chi connectivity index (χ0) is 23.3. The number of hydrogen-bond acceptors (Lipinski definition) is 2. The second-order valence-electron chi connectivity index (χ2n) is 14.5. The standard InChI is InChI=1S/C30H48O2/c1-19-20(18-31)10-13-27(4)16-17-29(6)21(25(19)27)8-9-23-28(5)14-12-24(32)26(2,3)22(28)11-15-30(23,29)7/h10,18-19,21-25,32H,8-9,11-17H2,1-7H3/t19-,21-,22+,23-,24+,25-,27-,28+,29-,30-/m1/s1. The highest BCUT2D eigenvalue weighted by atomic mass is 16.3. The molecule has 2 nitrogen and oxygen atoms in total. The monoisotopic (exact) mass is 440 g/mol. The molecule has 1 N–H and O–H groups in total. The minimum Gasteiger partial charge on any atom is -0.393 e. The van der Waals surface area contributed by atoms with Gasteiger partial charge in [0, 0.05) is 0 Å². The van der Waals surface area contributed by atoms with Crippen LogP contribution in [-0.2, 0) is 4.79 Å². The van der Waals surface area contributed by atoms with Crippen molar-refractivity contribution in [3.63, 3.8) is 0 Å². The fourth-order valence-corrected chi connectivity index (χ4v) is 11.3. The lowest BCUT2D eigenvalue weighted by molar-refractivity contribution is -0.250. The number of allylic oxidation sites excluding steroid dienone is 2. The van der Waals surface area contributed by atoms with Gasteiger partial charge in [0.05, 0.1) is 6.10 Å². The van der Waals surface area contributed by atoms with Gasteiger partial charge in [-0.1, -0.05) is 54.5 Å². The average molecular weight is 441 g/mol. The van der Waals surface area contributed by atoms with Crippen LogP contribution in [0.25, 0.3) is 0 Å². The van der Waals surface area contributed by atoms with Crippen LogP contribution in [0, 0.1) is 56.7 Å². The molecule has 4 fully saturated rings. The number of rotatable bonds is 1. The van der Waals surface area contributed by atoms with Crippen LogP contribution in [0.1, 0.15) is 106 Å². The Kier molecular flexibility index (Phi) is 5.03. The van der Waals surface area contributed by atoms with Gasteiger partial charge in [0.15, 0.2) is 0 Å². The number of carbonyl (C=O) groups is 1. The summed E-state index contributed by atoms with van der Waals surface area (Å²) in [7, 11) is 0. The Morgan fingerprint density at radius 3 is 2.28 bits per heavy atom. The molecule has 0 bridgehead atoms. The number of aliphatic hydroxyl groups is 1. The van der Waals surface area contributed by atoms with Gasteiger partial charge in [0.2, 0.25) is 0 Å².